The summed E-state index contributed by atoms with van der Waals surface area (Å²) in [5.74, 6) is -4.58. The fraction of sp³-hybridized carbons (Fsp3) is 0.275. The number of nitrogens with one attached hydrogen (secondary N) is 3. The topological polar surface area (TPSA) is 377 Å². The maximum Gasteiger partial charge on any atom is 0.454 e. The van der Waals surface area contributed by atoms with Gasteiger partial charge in [0.15, 0.2) is 17.1 Å². The van der Waals surface area contributed by atoms with Crippen molar-refractivity contribution in [3.05, 3.63) is 118 Å². The number of benzene rings is 5. The number of aromatic carboxylic acids is 1. The van der Waals surface area contributed by atoms with Crippen LogP contribution in [0.4, 0.5) is 5.69 Å². The molecule has 76 heavy (non-hydrogen) atoms. The summed E-state index contributed by atoms with van der Waals surface area (Å²) < 4.78 is 85.8. The van der Waals surface area contributed by atoms with Gasteiger partial charge in [0, 0.05) is 65.6 Å². The number of Topliss-reactive ketones (excluding diaryl/α,β-unsaturated/α-hetero) is 2. The van der Waals surface area contributed by atoms with E-state index in [0.717, 1.165) is 43.2 Å². The lowest BCUT2D eigenvalue weighted by Gasteiger charge is -2.47. The minimum atomic E-state index is -5.52. The molecule has 4 aromatic carbocycles. The predicted molar refractivity (Wildman–Crippen MR) is 271 cm³/mol. The number of nitrogen functional groups attached to an aromatic ring is 1. The van der Waals surface area contributed by atoms with E-state index >= 15 is 0 Å². The Hall–Kier alpha value is -7.81. The molecule has 0 saturated carbocycles. The Bertz CT molecular complexity index is 3590. The minimum absolute atomic E-state index is 0.00847. The van der Waals surface area contributed by atoms with Crippen molar-refractivity contribution in [2.45, 2.75) is 81.4 Å². The van der Waals surface area contributed by atoms with Crippen LogP contribution in [0.5, 0.6) is 5.75 Å². The number of carboxylic acids is 1. The molecule has 0 fully saturated rings. The molecule has 1 unspecified atom stereocenters. The molecule has 25 heteroatoms. The summed E-state index contributed by atoms with van der Waals surface area (Å²) in [4.78, 5) is 75.3. The molecular weight excluding hydrogens is 1030 g/mol. The third kappa shape index (κ3) is 12.0. The zero-order valence-corrected chi connectivity index (χ0v) is 42.5. The second kappa shape index (κ2) is 22.6. The molecule has 0 bridgehead atoms. The number of nitrogens with zero attached hydrogens (tertiary/aromatic N) is 1. The van der Waals surface area contributed by atoms with E-state index in [1.807, 2.05) is 0 Å². The van der Waals surface area contributed by atoms with Crippen LogP contribution in [0.25, 0.3) is 33.4 Å². The van der Waals surface area contributed by atoms with Gasteiger partial charge in [0.1, 0.15) is 35.8 Å². The van der Waals surface area contributed by atoms with Gasteiger partial charge in [0.25, 0.3) is 11.8 Å². The Morgan fingerprint density at radius 2 is 1.32 bits per heavy atom. The quantitative estimate of drug-likeness (QED) is 0.00902. The molecule has 22 nitrogen and oxygen atoms in total. The van der Waals surface area contributed by atoms with Gasteiger partial charge in [0.05, 0.1) is 27.9 Å². The van der Waals surface area contributed by atoms with Gasteiger partial charge in [0.2, 0.25) is 5.91 Å². The second-order valence-electron chi connectivity index (χ2n) is 18.6. The summed E-state index contributed by atoms with van der Waals surface area (Å²) in [6.45, 7) is 0.535. The van der Waals surface area contributed by atoms with Crippen molar-refractivity contribution in [1.29, 1.82) is 5.41 Å². The molecule has 3 amide bonds. The first-order valence-corrected chi connectivity index (χ1v) is 26.7. The number of hydrogen-bond donors (Lipinski definition) is 7. The molecule has 0 spiro atoms. The highest BCUT2D eigenvalue weighted by Crippen LogP contribution is 2.46. The third-order valence-electron chi connectivity index (χ3n) is 12.8. The Kier molecular flexibility index (Phi) is 16.6. The van der Waals surface area contributed by atoms with Crippen LogP contribution in [-0.2, 0) is 25.0 Å². The van der Waals surface area contributed by atoms with Crippen LogP contribution < -0.4 is 31.8 Å². The van der Waals surface area contributed by atoms with E-state index in [-0.39, 0.29) is 92.5 Å². The Balaban J connectivity index is 0.984. The lowest BCUT2D eigenvalue weighted by atomic mass is 9.62. The molecule has 1 atom stereocenters. The summed E-state index contributed by atoms with van der Waals surface area (Å²) in [7, 11) is -11.0. The summed E-state index contributed by atoms with van der Waals surface area (Å²) in [6.07, 6.45) is 5.24. The van der Waals surface area contributed by atoms with Crippen LogP contribution in [0.1, 0.15) is 123 Å². The SMILES string of the molecule is CC(C)CCCC(=O)CCCCCC(=O)c1ccc([B-]2(O)Oc3cc(C(=O)NCCCNC(=O)c4ccc(-c5c6ccc(=N)c(S(=O)(=O)[O-])c-6oc6c(S(=O)(=O)[O-])c(N)ccc56)c(C(=O)O)c4)ccc3C(=O)N2O)cc1. The number of carboxylic acid groups (broad SMARTS) is 1. The average molecular weight is 1080 g/mol. The molecule has 1 aliphatic carbocycles. The van der Waals surface area contributed by atoms with Crippen LogP contribution in [0, 0.1) is 11.3 Å². The molecule has 8 N–H and O–H groups in total. The number of ketones is 2. The van der Waals surface area contributed by atoms with Crippen molar-refractivity contribution >= 4 is 84.3 Å². The minimum Gasteiger partial charge on any atom is -0.744 e. The summed E-state index contributed by atoms with van der Waals surface area (Å²) in [6, 6.07) is 16.8. The van der Waals surface area contributed by atoms with Crippen molar-refractivity contribution in [2.24, 2.45) is 5.92 Å². The predicted octanol–water partition coefficient (Wildman–Crippen LogP) is 4.91. The van der Waals surface area contributed by atoms with Crippen molar-refractivity contribution in [3.8, 4) is 28.2 Å². The van der Waals surface area contributed by atoms with Gasteiger partial charge in [-0.25, -0.2) is 21.6 Å². The molecule has 4 aromatic rings. The number of rotatable bonds is 22. The summed E-state index contributed by atoms with van der Waals surface area (Å²) in [5, 5.41) is 45.0. The number of anilines is 1. The first-order valence-electron chi connectivity index (χ1n) is 23.9. The molecule has 2 heterocycles. The number of fused-ring (bicyclic) bond motifs is 3. The highest BCUT2D eigenvalue weighted by molar-refractivity contribution is 7.86. The molecule has 2 aliphatic heterocycles. The van der Waals surface area contributed by atoms with Crippen LogP contribution in [0.15, 0.2) is 99.1 Å². The maximum atomic E-state index is 13.3. The fourth-order valence-corrected chi connectivity index (χ4v) is 10.3. The average Bonchev–Trinajstić information content (AvgIpc) is 3.43. The van der Waals surface area contributed by atoms with Gasteiger partial charge in [-0.3, -0.25) is 29.4 Å². The van der Waals surface area contributed by atoms with Gasteiger partial charge in [-0.1, -0.05) is 57.0 Å². The van der Waals surface area contributed by atoms with Gasteiger partial charge in [-0.2, -0.15) is 0 Å². The molecule has 0 aromatic heterocycles. The smallest absolute Gasteiger partial charge is 0.454 e. The number of nitrogens with two attached hydrogens (primary N) is 1. The summed E-state index contributed by atoms with van der Waals surface area (Å²) in [5.41, 5.74) is 2.92. The fourth-order valence-electron chi connectivity index (χ4n) is 8.89. The number of amides is 3. The van der Waals surface area contributed by atoms with Crippen LogP contribution >= 0.6 is 0 Å². The number of carbonyl (C=O) groups is 6. The molecule has 400 valence electrons. The zero-order chi connectivity index (χ0) is 55.4. The first kappa shape index (κ1) is 55.9. The summed E-state index contributed by atoms with van der Waals surface area (Å²) >= 11 is 0. The van der Waals surface area contributed by atoms with Crippen molar-refractivity contribution in [2.75, 3.05) is 18.8 Å². The van der Waals surface area contributed by atoms with Crippen molar-refractivity contribution in [3.63, 3.8) is 0 Å². The molecule has 3 aliphatic rings. The third-order valence-corrected chi connectivity index (χ3v) is 14.6. The zero-order valence-electron chi connectivity index (χ0n) is 40.9. The van der Waals surface area contributed by atoms with Crippen molar-refractivity contribution < 1.29 is 79.1 Å². The highest BCUT2D eigenvalue weighted by atomic mass is 32.2. The van der Waals surface area contributed by atoms with Gasteiger partial charge >= 0.3 is 12.7 Å². The lowest BCUT2D eigenvalue weighted by molar-refractivity contribution is -0.119. The Morgan fingerprint density at radius 1 is 0.737 bits per heavy atom. The van der Waals surface area contributed by atoms with E-state index in [0.29, 0.717) is 43.6 Å². The Morgan fingerprint density at radius 3 is 1.93 bits per heavy atom. The molecule has 0 saturated heterocycles. The second-order valence-corrected chi connectivity index (χ2v) is 21.2. The number of carbonyl (C=O) groups excluding carboxylic acids is 5. The molecule has 0 radical (unpaired) electrons. The van der Waals surface area contributed by atoms with E-state index in [1.165, 1.54) is 54.6 Å². The van der Waals surface area contributed by atoms with E-state index in [9.17, 15) is 70.0 Å². The van der Waals surface area contributed by atoms with E-state index in [4.69, 9.17) is 20.2 Å². The van der Waals surface area contributed by atoms with Crippen molar-refractivity contribution in [1.82, 2.24) is 15.6 Å². The van der Waals surface area contributed by atoms with Crippen LogP contribution in [0.2, 0.25) is 0 Å². The molecular formula is C51H51BN5O17S2-3. The highest BCUT2D eigenvalue weighted by Gasteiger charge is 2.44. The first-order chi connectivity index (χ1) is 35.8. The monoisotopic (exact) mass is 1080 g/mol. The van der Waals surface area contributed by atoms with Gasteiger partial charge in [-0.05, 0) is 91.8 Å². The standard InChI is InChI=1S/C51H53BN5O17S2/c1-28(2)8-6-10-33(58)9-4-3-5-11-41(59)29-12-16-32(17-13-29)52(65)57(66)50(62)35-19-15-31(27-42(35)74-52)49(61)56-25-7-24-55-48(60)30-14-18-34(38(26-30)51(63)64)43-36-20-22-39(53)46(75(67,68)69)44(36)73-45-37(43)21-23-40(54)47(45)76(70,71)72/h12-23,26-28,53,65-66H,3-11,24-25,54H2,1-2H3,(H,55,60)(H,56,61)(H,63,64)(H,67,68,69)(H,70,71,72)/q-1/p-2. The van der Waals surface area contributed by atoms with Crippen LogP contribution in [0.3, 0.4) is 0 Å². The van der Waals surface area contributed by atoms with Gasteiger partial charge < -0.3 is 54.9 Å². The van der Waals surface area contributed by atoms with E-state index in [2.05, 4.69) is 24.5 Å². The number of unbranched alkanes of at least 4 members (excludes halogenated alkanes) is 2. The molecule has 7 rings (SSSR count). The number of hydroxylamine groups is 1. The van der Waals surface area contributed by atoms with E-state index < -0.39 is 88.4 Å². The maximum absolute atomic E-state index is 13.3. The normalized spacial score (nSPS) is 14.6. The largest absolute Gasteiger partial charge is 0.744 e. The number of hydrogen-bond acceptors (Lipinski definition) is 18. The van der Waals surface area contributed by atoms with Gasteiger partial charge in [-0.15, -0.1) is 5.46 Å². The Labute approximate surface area is 435 Å². The lowest BCUT2D eigenvalue weighted by Crippen LogP contribution is -2.69. The van der Waals surface area contributed by atoms with Crippen LogP contribution in [-0.4, -0.2) is 101 Å². The van der Waals surface area contributed by atoms with E-state index in [1.54, 1.807) is 0 Å².